The predicted octanol–water partition coefficient (Wildman–Crippen LogP) is 3.29. The van der Waals surface area contributed by atoms with Crippen LogP contribution in [0, 0.1) is 0 Å². The molecule has 1 heterocycles. The van der Waals surface area contributed by atoms with Crippen molar-refractivity contribution in [2.75, 3.05) is 0 Å². The second-order valence-electron chi connectivity index (χ2n) is 4.96. The molecular formula is C17H16O3. The van der Waals surface area contributed by atoms with E-state index in [0.29, 0.717) is 0 Å². The summed E-state index contributed by atoms with van der Waals surface area (Å²) in [6.07, 6.45) is -0.545. The molecule has 2 aromatic carbocycles. The molecule has 0 amide bonds. The van der Waals surface area contributed by atoms with Gasteiger partial charge in [-0.3, -0.25) is 0 Å². The molecule has 102 valence electrons. The molecule has 3 heteroatoms. The molecule has 2 aromatic rings. The van der Waals surface area contributed by atoms with E-state index < -0.39 is 6.10 Å². The van der Waals surface area contributed by atoms with Crippen LogP contribution in [0.1, 0.15) is 24.0 Å². The Bertz CT molecular complexity index is 607. The number of ether oxygens (including phenoxy) is 2. The van der Waals surface area contributed by atoms with Gasteiger partial charge in [0.15, 0.2) is 0 Å². The van der Waals surface area contributed by atoms with Crippen LogP contribution in [0.3, 0.4) is 0 Å². The first-order valence-electron chi connectivity index (χ1n) is 6.72. The van der Waals surface area contributed by atoms with Crippen LogP contribution in [0.4, 0.5) is 0 Å². The minimum atomic E-state index is -0.545. The van der Waals surface area contributed by atoms with Crippen LogP contribution in [0.25, 0.3) is 0 Å². The maximum Gasteiger partial charge on any atom is 0.348 e. The fourth-order valence-electron chi connectivity index (χ4n) is 2.43. The average molecular weight is 268 g/mol. The predicted molar refractivity (Wildman–Crippen MR) is 75.5 cm³/mol. The van der Waals surface area contributed by atoms with Gasteiger partial charge in [0.25, 0.3) is 0 Å². The van der Waals surface area contributed by atoms with Gasteiger partial charge in [0.1, 0.15) is 12.4 Å². The average Bonchev–Trinajstić information content (AvgIpc) is 2.84. The van der Waals surface area contributed by atoms with Gasteiger partial charge in [0, 0.05) is 11.5 Å². The molecule has 0 saturated carbocycles. The number of benzene rings is 2. The lowest BCUT2D eigenvalue weighted by Gasteiger charge is -2.14. The number of carbonyl (C=O) groups excluding carboxylic acids is 1. The first-order chi connectivity index (χ1) is 9.75. The molecule has 0 radical (unpaired) electrons. The Morgan fingerprint density at radius 3 is 2.55 bits per heavy atom. The van der Waals surface area contributed by atoms with E-state index in [9.17, 15) is 4.79 Å². The fourth-order valence-corrected chi connectivity index (χ4v) is 2.43. The number of hydrogen-bond acceptors (Lipinski definition) is 3. The van der Waals surface area contributed by atoms with Crippen molar-refractivity contribution in [1.82, 2.24) is 0 Å². The molecule has 0 aromatic heterocycles. The smallest absolute Gasteiger partial charge is 0.348 e. The highest BCUT2D eigenvalue weighted by molar-refractivity contribution is 5.78. The van der Waals surface area contributed by atoms with Crippen molar-refractivity contribution in [3.05, 3.63) is 65.7 Å². The maximum atomic E-state index is 12.2. The lowest BCUT2D eigenvalue weighted by Crippen LogP contribution is -2.29. The van der Waals surface area contributed by atoms with Gasteiger partial charge >= 0.3 is 5.97 Å². The Morgan fingerprint density at radius 1 is 1.10 bits per heavy atom. The summed E-state index contributed by atoms with van der Waals surface area (Å²) in [5.74, 6) is 0.494. The van der Waals surface area contributed by atoms with Crippen molar-refractivity contribution in [3.63, 3.8) is 0 Å². The van der Waals surface area contributed by atoms with Gasteiger partial charge in [-0.25, -0.2) is 4.79 Å². The first kappa shape index (κ1) is 12.7. The molecule has 0 saturated heterocycles. The zero-order valence-electron chi connectivity index (χ0n) is 11.3. The summed E-state index contributed by atoms with van der Waals surface area (Å²) in [6.45, 7) is 2.27. The maximum absolute atomic E-state index is 12.2. The van der Waals surface area contributed by atoms with Crippen molar-refractivity contribution in [1.29, 1.82) is 0 Å². The molecule has 3 nitrogen and oxygen atoms in total. The van der Waals surface area contributed by atoms with Crippen molar-refractivity contribution < 1.29 is 14.3 Å². The highest BCUT2D eigenvalue weighted by Crippen LogP contribution is 2.38. The summed E-state index contributed by atoms with van der Waals surface area (Å²) < 4.78 is 11.0. The molecule has 1 aliphatic heterocycles. The van der Waals surface area contributed by atoms with Gasteiger partial charge in [-0.1, -0.05) is 55.5 Å². The molecule has 3 rings (SSSR count). The highest BCUT2D eigenvalue weighted by atomic mass is 16.6. The van der Waals surface area contributed by atoms with Crippen molar-refractivity contribution in [2.24, 2.45) is 0 Å². The van der Waals surface area contributed by atoms with Gasteiger partial charge in [0.2, 0.25) is 6.10 Å². The number of rotatable bonds is 3. The first-order valence-corrected chi connectivity index (χ1v) is 6.72. The quantitative estimate of drug-likeness (QED) is 0.801. The van der Waals surface area contributed by atoms with Gasteiger partial charge in [0.05, 0.1) is 0 Å². The molecule has 2 unspecified atom stereocenters. The zero-order chi connectivity index (χ0) is 13.9. The van der Waals surface area contributed by atoms with Crippen LogP contribution in [-0.2, 0) is 16.1 Å². The third-order valence-corrected chi connectivity index (χ3v) is 3.57. The summed E-state index contributed by atoms with van der Waals surface area (Å²) in [4.78, 5) is 12.2. The van der Waals surface area contributed by atoms with E-state index in [0.717, 1.165) is 16.9 Å². The summed E-state index contributed by atoms with van der Waals surface area (Å²) in [5, 5.41) is 0. The summed E-state index contributed by atoms with van der Waals surface area (Å²) in [6, 6.07) is 17.4. The topological polar surface area (TPSA) is 35.5 Å². The zero-order valence-corrected chi connectivity index (χ0v) is 11.3. The molecule has 0 fully saturated rings. The minimum Gasteiger partial charge on any atom is -0.478 e. The lowest BCUT2D eigenvalue weighted by atomic mass is 9.98. The SMILES string of the molecule is CC1c2ccccc2OC1C(=O)OCc1ccccc1. The van der Waals surface area contributed by atoms with E-state index in [4.69, 9.17) is 9.47 Å². The molecular weight excluding hydrogens is 252 g/mol. The number of hydrogen-bond donors (Lipinski definition) is 0. The van der Waals surface area contributed by atoms with Crippen molar-refractivity contribution in [3.8, 4) is 5.75 Å². The van der Waals surface area contributed by atoms with Gasteiger partial charge in [-0.05, 0) is 11.6 Å². The lowest BCUT2D eigenvalue weighted by molar-refractivity contribution is -0.153. The van der Waals surface area contributed by atoms with Crippen LogP contribution in [-0.4, -0.2) is 12.1 Å². The van der Waals surface area contributed by atoms with E-state index in [1.165, 1.54) is 0 Å². The standard InChI is InChI=1S/C17H16O3/c1-12-14-9-5-6-10-15(14)20-16(12)17(18)19-11-13-7-3-2-4-8-13/h2-10,12,16H,11H2,1H3. The van der Waals surface area contributed by atoms with Gasteiger partial charge in [-0.2, -0.15) is 0 Å². The molecule has 1 aliphatic rings. The number of para-hydroxylation sites is 1. The van der Waals surface area contributed by atoms with Crippen LogP contribution >= 0.6 is 0 Å². The van der Waals surface area contributed by atoms with E-state index in [1.54, 1.807) is 0 Å². The molecule has 0 N–H and O–H groups in total. The second kappa shape index (κ2) is 5.37. The number of fused-ring (bicyclic) bond motifs is 1. The monoisotopic (exact) mass is 268 g/mol. The van der Waals surface area contributed by atoms with Crippen molar-refractivity contribution >= 4 is 5.97 Å². The van der Waals surface area contributed by atoms with E-state index in [1.807, 2.05) is 61.5 Å². The largest absolute Gasteiger partial charge is 0.478 e. The Morgan fingerprint density at radius 2 is 1.80 bits per heavy atom. The summed E-state index contributed by atoms with van der Waals surface area (Å²) in [5.41, 5.74) is 2.04. The van der Waals surface area contributed by atoms with Crippen LogP contribution in [0.2, 0.25) is 0 Å². The van der Waals surface area contributed by atoms with Crippen molar-refractivity contribution in [2.45, 2.75) is 25.6 Å². The van der Waals surface area contributed by atoms with Crippen LogP contribution in [0.5, 0.6) is 5.75 Å². The third kappa shape index (κ3) is 2.39. The molecule has 0 aliphatic carbocycles. The Balaban J connectivity index is 1.65. The van der Waals surface area contributed by atoms with E-state index in [2.05, 4.69) is 0 Å². The minimum absolute atomic E-state index is 0.0227. The van der Waals surface area contributed by atoms with Gasteiger partial charge < -0.3 is 9.47 Å². The number of carbonyl (C=O) groups is 1. The summed E-state index contributed by atoms with van der Waals surface area (Å²) >= 11 is 0. The molecule has 0 bridgehead atoms. The molecule has 20 heavy (non-hydrogen) atoms. The summed E-state index contributed by atoms with van der Waals surface area (Å²) in [7, 11) is 0. The van der Waals surface area contributed by atoms with Gasteiger partial charge in [-0.15, -0.1) is 0 Å². The Hall–Kier alpha value is -2.29. The Kier molecular flexibility index (Phi) is 3.42. The van der Waals surface area contributed by atoms with E-state index >= 15 is 0 Å². The van der Waals surface area contributed by atoms with Crippen LogP contribution in [0.15, 0.2) is 54.6 Å². The van der Waals surface area contributed by atoms with E-state index in [-0.39, 0.29) is 18.5 Å². The highest BCUT2D eigenvalue weighted by Gasteiger charge is 2.37. The Labute approximate surface area is 118 Å². The number of esters is 1. The second-order valence-corrected chi connectivity index (χ2v) is 4.96. The van der Waals surface area contributed by atoms with Crippen LogP contribution < -0.4 is 4.74 Å². The third-order valence-electron chi connectivity index (χ3n) is 3.57. The molecule has 2 atom stereocenters. The molecule has 0 spiro atoms. The fraction of sp³-hybridized carbons (Fsp3) is 0.235. The normalized spacial score (nSPS) is 20.1.